The SMILES string of the molecule is Cc1cc(-c2ccccc2)cc(C2CCCN2C(=O)c2ccc(N(C)C)cc2)n1. The number of hydrogen-bond acceptors (Lipinski definition) is 3. The van der Waals surface area contributed by atoms with Crippen LogP contribution in [0.25, 0.3) is 11.1 Å². The minimum absolute atomic E-state index is 0.0263. The van der Waals surface area contributed by atoms with Crippen molar-refractivity contribution < 1.29 is 4.79 Å². The van der Waals surface area contributed by atoms with Crippen LogP contribution in [0, 0.1) is 6.92 Å². The molecule has 1 fully saturated rings. The smallest absolute Gasteiger partial charge is 0.254 e. The van der Waals surface area contributed by atoms with E-state index in [4.69, 9.17) is 4.98 Å². The van der Waals surface area contributed by atoms with Gasteiger partial charge in [0.05, 0.1) is 11.7 Å². The highest BCUT2D eigenvalue weighted by Crippen LogP contribution is 2.34. The highest BCUT2D eigenvalue weighted by Gasteiger charge is 2.32. The van der Waals surface area contributed by atoms with E-state index in [2.05, 4.69) is 24.3 Å². The molecule has 0 spiro atoms. The number of hydrogen-bond donors (Lipinski definition) is 0. The summed E-state index contributed by atoms with van der Waals surface area (Å²) in [5.74, 6) is 0.0855. The van der Waals surface area contributed by atoms with E-state index in [1.807, 2.05) is 73.3 Å². The van der Waals surface area contributed by atoms with Crippen LogP contribution in [0.15, 0.2) is 66.7 Å². The van der Waals surface area contributed by atoms with Gasteiger partial charge in [-0.05, 0) is 67.3 Å². The maximum Gasteiger partial charge on any atom is 0.254 e. The third-order valence-corrected chi connectivity index (χ3v) is 5.57. The number of benzene rings is 2. The summed E-state index contributed by atoms with van der Waals surface area (Å²) in [5, 5.41) is 0. The molecular weight excluding hydrogens is 358 g/mol. The van der Waals surface area contributed by atoms with Crippen LogP contribution < -0.4 is 4.90 Å². The van der Waals surface area contributed by atoms with Crippen molar-refractivity contribution in [2.45, 2.75) is 25.8 Å². The van der Waals surface area contributed by atoms with Gasteiger partial charge in [0.2, 0.25) is 0 Å². The molecule has 1 atom stereocenters. The number of amides is 1. The van der Waals surface area contributed by atoms with Gasteiger partial charge in [-0.2, -0.15) is 0 Å². The van der Waals surface area contributed by atoms with Crippen molar-refractivity contribution in [3.8, 4) is 11.1 Å². The molecule has 148 valence electrons. The van der Waals surface area contributed by atoms with E-state index < -0.39 is 0 Å². The number of aromatic nitrogens is 1. The molecule has 0 aliphatic carbocycles. The third-order valence-electron chi connectivity index (χ3n) is 5.57. The molecule has 2 heterocycles. The standard InChI is InChI=1S/C25H27N3O/c1-18-16-21(19-8-5-4-6-9-19)17-23(26-18)24-10-7-15-28(24)25(29)20-11-13-22(14-12-20)27(2)3/h4-6,8-9,11-14,16-17,24H,7,10,15H2,1-3H3. The Bertz CT molecular complexity index is 996. The summed E-state index contributed by atoms with van der Waals surface area (Å²) in [6.45, 7) is 2.80. The normalized spacial score (nSPS) is 16.1. The van der Waals surface area contributed by atoms with Crippen molar-refractivity contribution in [3.05, 3.63) is 83.7 Å². The van der Waals surface area contributed by atoms with Crippen LogP contribution in [-0.4, -0.2) is 36.4 Å². The van der Waals surface area contributed by atoms with Gasteiger partial charge in [-0.15, -0.1) is 0 Å². The number of pyridine rings is 1. The molecular formula is C25H27N3O. The minimum atomic E-state index is 0.0263. The van der Waals surface area contributed by atoms with E-state index in [1.54, 1.807) is 0 Å². The van der Waals surface area contributed by atoms with Crippen molar-refractivity contribution in [1.29, 1.82) is 0 Å². The van der Waals surface area contributed by atoms with Gasteiger partial charge in [0.15, 0.2) is 0 Å². The van der Waals surface area contributed by atoms with Gasteiger partial charge >= 0.3 is 0 Å². The number of carbonyl (C=O) groups is 1. The molecule has 0 radical (unpaired) electrons. The fourth-order valence-corrected chi connectivity index (χ4v) is 4.05. The number of aryl methyl sites for hydroxylation is 1. The molecule has 1 aromatic heterocycles. The van der Waals surface area contributed by atoms with E-state index in [0.717, 1.165) is 47.6 Å². The van der Waals surface area contributed by atoms with Gasteiger partial charge in [-0.1, -0.05) is 30.3 Å². The topological polar surface area (TPSA) is 36.4 Å². The second kappa shape index (κ2) is 8.08. The van der Waals surface area contributed by atoms with E-state index in [0.29, 0.717) is 0 Å². The number of nitrogens with zero attached hydrogens (tertiary/aromatic N) is 3. The molecule has 4 rings (SSSR count). The van der Waals surface area contributed by atoms with Crippen molar-refractivity contribution in [2.75, 3.05) is 25.5 Å². The van der Waals surface area contributed by atoms with E-state index in [9.17, 15) is 4.79 Å². The molecule has 2 aromatic carbocycles. The Balaban J connectivity index is 1.63. The van der Waals surface area contributed by atoms with Gasteiger partial charge in [0, 0.05) is 37.6 Å². The van der Waals surface area contributed by atoms with E-state index >= 15 is 0 Å². The molecule has 4 heteroatoms. The maximum atomic E-state index is 13.2. The lowest BCUT2D eigenvalue weighted by Crippen LogP contribution is -2.31. The Labute approximate surface area is 172 Å². The lowest BCUT2D eigenvalue weighted by atomic mass is 10.0. The van der Waals surface area contributed by atoms with E-state index in [1.165, 1.54) is 5.56 Å². The highest BCUT2D eigenvalue weighted by atomic mass is 16.2. The largest absolute Gasteiger partial charge is 0.378 e. The summed E-state index contributed by atoms with van der Waals surface area (Å²) < 4.78 is 0. The van der Waals surface area contributed by atoms with Crippen molar-refractivity contribution in [2.24, 2.45) is 0 Å². The van der Waals surface area contributed by atoms with Crippen LogP contribution in [0.1, 0.15) is 40.6 Å². The summed E-state index contributed by atoms with van der Waals surface area (Å²) in [6, 6.07) is 22.5. The monoisotopic (exact) mass is 385 g/mol. The average Bonchev–Trinajstić information content (AvgIpc) is 3.23. The molecule has 29 heavy (non-hydrogen) atoms. The summed E-state index contributed by atoms with van der Waals surface area (Å²) in [4.78, 5) is 22.1. The zero-order chi connectivity index (χ0) is 20.4. The molecule has 1 aliphatic heterocycles. The van der Waals surface area contributed by atoms with Crippen LogP contribution in [0.4, 0.5) is 5.69 Å². The maximum absolute atomic E-state index is 13.2. The van der Waals surface area contributed by atoms with Crippen LogP contribution >= 0.6 is 0 Å². The van der Waals surface area contributed by atoms with Crippen LogP contribution in [-0.2, 0) is 0 Å². The lowest BCUT2D eigenvalue weighted by Gasteiger charge is -2.25. The zero-order valence-corrected chi connectivity index (χ0v) is 17.3. The number of rotatable bonds is 4. The first-order chi connectivity index (χ1) is 14.0. The van der Waals surface area contributed by atoms with Crippen LogP contribution in [0.5, 0.6) is 0 Å². The molecule has 1 saturated heterocycles. The summed E-state index contributed by atoms with van der Waals surface area (Å²) >= 11 is 0. The molecule has 1 unspecified atom stereocenters. The fourth-order valence-electron chi connectivity index (χ4n) is 4.05. The van der Waals surface area contributed by atoms with Crippen molar-refractivity contribution in [3.63, 3.8) is 0 Å². The quantitative estimate of drug-likeness (QED) is 0.627. The first-order valence-electron chi connectivity index (χ1n) is 10.2. The first-order valence-corrected chi connectivity index (χ1v) is 10.2. The zero-order valence-electron chi connectivity index (χ0n) is 17.3. The molecule has 1 aliphatic rings. The van der Waals surface area contributed by atoms with Crippen LogP contribution in [0.2, 0.25) is 0 Å². The lowest BCUT2D eigenvalue weighted by molar-refractivity contribution is 0.0733. The Kier molecular flexibility index (Phi) is 5.34. The molecule has 1 amide bonds. The minimum Gasteiger partial charge on any atom is -0.378 e. The molecule has 4 nitrogen and oxygen atoms in total. The Hall–Kier alpha value is -3.14. The van der Waals surface area contributed by atoms with Crippen molar-refractivity contribution >= 4 is 11.6 Å². The number of anilines is 1. The molecule has 0 saturated carbocycles. The summed E-state index contributed by atoms with van der Waals surface area (Å²) in [7, 11) is 4.00. The van der Waals surface area contributed by atoms with Gasteiger partial charge < -0.3 is 9.80 Å². The third kappa shape index (κ3) is 4.02. The summed E-state index contributed by atoms with van der Waals surface area (Å²) in [6.07, 6.45) is 1.95. The number of carbonyl (C=O) groups excluding carboxylic acids is 1. The predicted octanol–water partition coefficient (Wildman–Crippen LogP) is 5.10. The molecule has 3 aromatic rings. The van der Waals surface area contributed by atoms with E-state index in [-0.39, 0.29) is 11.9 Å². The fraction of sp³-hybridized carbons (Fsp3) is 0.280. The predicted molar refractivity (Wildman–Crippen MR) is 118 cm³/mol. The molecule has 0 N–H and O–H groups in total. The summed E-state index contributed by atoms with van der Waals surface area (Å²) in [5.41, 5.74) is 6.12. The second-order valence-electron chi connectivity index (χ2n) is 7.89. The van der Waals surface area contributed by atoms with Gasteiger partial charge in [-0.3, -0.25) is 9.78 Å². The Morgan fingerprint density at radius 1 is 1.00 bits per heavy atom. The first kappa shape index (κ1) is 19.2. The Morgan fingerprint density at radius 2 is 1.72 bits per heavy atom. The van der Waals surface area contributed by atoms with Gasteiger partial charge in [0.25, 0.3) is 5.91 Å². The van der Waals surface area contributed by atoms with Crippen LogP contribution in [0.3, 0.4) is 0 Å². The second-order valence-corrected chi connectivity index (χ2v) is 7.89. The Morgan fingerprint density at radius 3 is 2.41 bits per heavy atom. The van der Waals surface area contributed by atoms with Crippen molar-refractivity contribution in [1.82, 2.24) is 9.88 Å². The average molecular weight is 386 g/mol. The molecule has 0 bridgehead atoms. The highest BCUT2D eigenvalue weighted by molar-refractivity contribution is 5.95. The number of likely N-dealkylation sites (tertiary alicyclic amines) is 1. The van der Waals surface area contributed by atoms with Gasteiger partial charge in [-0.25, -0.2) is 0 Å². The van der Waals surface area contributed by atoms with Gasteiger partial charge in [0.1, 0.15) is 0 Å².